The zero-order chi connectivity index (χ0) is 14.5. The van der Waals surface area contributed by atoms with E-state index >= 15 is 0 Å². The summed E-state index contributed by atoms with van der Waals surface area (Å²) in [6.45, 7) is 1.42. The number of anilines is 1. The number of nitrogens with zero attached hydrogens (tertiary/aromatic N) is 1. The number of nitrogens with one attached hydrogen (secondary N) is 1. The summed E-state index contributed by atoms with van der Waals surface area (Å²) in [6, 6.07) is 11.3. The quantitative estimate of drug-likeness (QED) is 0.860. The van der Waals surface area contributed by atoms with E-state index in [0.717, 1.165) is 0 Å². The van der Waals surface area contributed by atoms with Crippen molar-refractivity contribution >= 4 is 17.4 Å². The maximum absolute atomic E-state index is 12.1. The van der Waals surface area contributed by atoms with Crippen LogP contribution in [-0.4, -0.2) is 16.3 Å². The number of benzene rings is 1. The van der Waals surface area contributed by atoms with E-state index in [1.165, 1.54) is 17.6 Å². The Morgan fingerprint density at radius 2 is 1.80 bits per heavy atom. The van der Waals surface area contributed by atoms with Crippen LogP contribution in [0.4, 0.5) is 5.69 Å². The molecule has 0 bridgehead atoms. The number of ketones is 1. The van der Waals surface area contributed by atoms with Crippen LogP contribution in [0, 0.1) is 0 Å². The van der Waals surface area contributed by atoms with Gasteiger partial charge in [-0.1, -0.05) is 6.07 Å². The minimum absolute atomic E-state index is 0.000836. The van der Waals surface area contributed by atoms with E-state index in [9.17, 15) is 14.4 Å². The first-order chi connectivity index (χ1) is 9.56. The Balaban J connectivity index is 2.12. The van der Waals surface area contributed by atoms with Gasteiger partial charge in [0.25, 0.3) is 5.56 Å². The van der Waals surface area contributed by atoms with E-state index in [-0.39, 0.29) is 23.8 Å². The fraction of sp³-hybridized carbons (Fsp3) is 0.133. The number of amides is 1. The smallest absolute Gasteiger partial charge is 0.250 e. The van der Waals surface area contributed by atoms with Gasteiger partial charge in [-0.3, -0.25) is 14.4 Å². The summed E-state index contributed by atoms with van der Waals surface area (Å²) in [4.78, 5) is 34.5. The molecule has 2 aromatic rings. The number of aromatic nitrogens is 1. The van der Waals surface area contributed by atoms with Gasteiger partial charge in [-0.15, -0.1) is 0 Å². The van der Waals surface area contributed by atoms with Crippen molar-refractivity contribution in [2.45, 2.75) is 13.5 Å². The van der Waals surface area contributed by atoms with Crippen LogP contribution in [0.5, 0.6) is 0 Å². The summed E-state index contributed by atoms with van der Waals surface area (Å²) in [6.07, 6.45) is 1.58. The topological polar surface area (TPSA) is 68.2 Å². The highest BCUT2D eigenvalue weighted by Gasteiger charge is 2.07. The van der Waals surface area contributed by atoms with Gasteiger partial charge in [0.2, 0.25) is 5.91 Å². The SMILES string of the molecule is CC(=O)Nc1ccc(C(=O)Cn2ccccc2=O)cc1. The number of carbonyl (C=O) groups excluding carboxylic acids is 2. The molecule has 0 radical (unpaired) electrons. The van der Waals surface area contributed by atoms with Crippen LogP contribution in [0.25, 0.3) is 0 Å². The minimum Gasteiger partial charge on any atom is -0.326 e. The van der Waals surface area contributed by atoms with Gasteiger partial charge >= 0.3 is 0 Å². The first-order valence-corrected chi connectivity index (χ1v) is 6.12. The molecule has 0 saturated carbocycles. The maximum Gasteiger partial charge on any atom is 0.250 e. The Bertz CT molecular complexity index is 687. The lowest BCUT2D eigenvalue weighted by atomic mass is 10.1. The summed E-state index contributed by atoms with van der Waals surface area (Å²) < 4.78 is 1.35. The summed E-state index contributed by atoms with van der Waals surface area (Å²) in [5, 5.41) is 2.62. The number of carbonyl (C=O) groups is 2. The van der Waals surface area contributed by atoms with Crippen molar-refractivity contribution in [3.63, 3.8) is 0 Å². The van der Waals surface area contributed by atoms with Gasteiger partial charge < -0.3 is 9.88 Å². The molecule has 20 heavy (non-hydrogen) atoms. The summed E-state index contributed by atoms with van der Waals surface area (Å²) >= 11 is 0. The third-order valence-electron chi connectivity index (χ3n) is 2.74. The minimum atomic E-state index is -0.212. The zero-order valence-corrected chi connectivity index (χ0v) is 11.0. The number of hydrogen-bond acceptors (Lipinski definition) is 3. The normalized spacial score (nSPS) is 10.1. The predicted molar refractivity (Wildman–Crippen MR) is 75.8 cm³/mol. The number of rotatable bonds is 4. The van der Waals surface area contributed by atoms with Gasteiger partial charge in [0, 0.05) is 30.4 Å². The molecule has 0 spiro atoms. The fourth-order valence-electron chi connectivity index (χ4n) is 1.78. The number of pyridine rings is 1. The van der Waals surface area contributed by atoms with E-state index in [1.54, 1.807) is 42.6 Å². The van der Waals surface area contributed by atoms with Crippen molar-refractivity contribution < 1.29 is 9.59 Å². The summed E-state index contributed by atoms with van der Waals surface area (Å²) in [5.74, 6) is -0.326. The Kier molecular flexibility index (Phi) is 4.10. The Hall–Kier alpha value is -2.69. The standard InChI is InChI=1S/C15H14N2O3/c1-11(18)16-13-7-5-12(6-8-13)14(19)10-17-9-3-2-4-15(17)20/h2-9H,10H2,1H3,(H,16,18). The van der Waals surface area contributed by atoms with Crippen molar-refractivity contribution in [3.8, 4) is 0 Å². The first-order valence-electron chi connectivity index (χ1n) is 6.12. The average Bonchev–Trinajstić information content (AvgIpc) is 2.41. The molecule has 0 aliphatic rings. The summed E-state index contributed by atoms with van der Waals surface area (Å²) in [7, 11) is 0. The van der Waals surface area contributed by atoms with Gasteiger partial charge in [0.15, 0.2) is 5.78 Å². The Morgan fingerprint density at radius 1 is 1.10 bits per heavy atom. The van der Waals surface area contributed by atoms with Crippen LogP contribution < -0.4 is 10.9 Å². The molecule has 1 heterocycles. The molecular weight excluding hydrogens is 256 g/mol. The molecule has 0 saturated heterocycles. The molecule has 0 atom stereocenters. The van der Waals surface area contributed by atoms with E-state index in [2.05, 4.69) is 5.32 Å². The van der Waals surface area contributed by atoms with Crippen molar-refractivity contribution in [1.29, 1.82) is 0 Å². The molecule has 5 nitrogen and oxygen atoms in total. The molecule has 2 rings (SSSR count). The number of hydrogen-bond donors (Lipinski definition) is 1. The van der Waals surface area contributed by atoms with Crippen LogP contribution in [-0.2, 0) is 11.3 Å². The van der Waals surface area contributed by atoms with Gasteiger partial charge in [0.05, 0.1) is 6.54 Å². The lowest BCUT2D eigenvalue weighted by Gasteiger charge is -2.06. The van der Waals surface area contributed by atoms with E-state index in [0.29, 0.717) is 11.3 Å². The third-order valence-corrected chi connectivity index (χ3v) is 2.74. The fourth-order valence-corrected chi connectivity index (χ4v) is 1.78. The molecule has 0 aliphatic heterocycles. The van der Waals surface area contributed by atoms with Crippen LogP contribution in [0.1, 0.15) is 17.3 Å². The van der Waals surface area contributed by atoms with Crippen LogP contribution >= 0.6 is 0 Å². The van der Waals surface area contributed by atoms with Crippen LogP contribution in [0.15, 0.2) is 53.5 Å². The second kappa shape index (κ2) is 5.97. The van der Waals surface area contributed by atoms with Crippen LogP contribution in [0.3, 0.4) is 0 Å². The highest BCUT2D eigenvalue weighted by atomic mass is 16.1. The monoisotopic (exact) mass is 270 g/mol. The van der Waals surface area contributed by atoms with Gasteiger partial charge in [-0.2, -0.15) is 0 Å². The van der Waals surface area contributed by atoms with Crippen molar-refractivity contribution in [3.05, 3.63) is 64.6 Å². The van der Waals surface area contributed by atoms with E-state index in [1.807, 2.05) is 0 Å². The average molecular weight is 270 g/mol. The molecule has 1 N–H and O–H groups in total. The maximum atomic E-state index is 12.1. The third kappa shape index (κ3) is 3.41. The molecule has 0 fully saturated rings. The molecule has 0 aliphatic carbocycles. The summed E-state index contributed by atoms with van der Waals surface area (Å²) in [5.41, 5.74) is 0.913. The van der Waals surface area contributed by atoms with E-state index < -0.39 is 0 Å². The molecule has 1 amide bonds. The lowest BCUT2D eigenvalue weighted by molar-refractivity contribution is -0.114. The zero-order valence-electron chi connectivity index (χ0n) is 11.0. The second-order valence-electron chi connectivity index (χ2n) is 4.35. The molecule has 1 aromatic heterocycles. The second-order valence-corrected chi connectivity index (χ2v) is 4.35. The Morgan fingerprint density at radius 3 is 2.40 bits per heavy atom. The Labute approximate surface area is 115 Å². The largest absolute Gasteiger partial charge is 0.326 e. The molecular formula is C15H14N2O3. The van der Waals surface area contributed by atoms with Crippen molar-refractivity contribution in [1.82, 2.24) is 4.57 Å². The van der Waals surface area contributed by atoms with E-state index in [4.69, 9.17) is 0 Å². The highest BCUT2D eigenvalue weighted by molar-refractivity contribution is 5.96. The van der Waals surface area contributed by atoms with Gasteiger partial charge in [-0.25, -0.2) is 0 Å². The molecule has 5 heteroatoms. The lowest BCUT2D eigenvalue weighted by Crippen LogP contribution is -2.22. The number of Topliss-reactive ketones (excluding diaryl/α,β-unsaturated/α-hetero) is 1. The molecule has 0 unspecified atom stereocenters. The highest BCUT2D eigenvalue weighted by Crippen LogP contribution is 2.10. The molecule has 102 valence electrons. The van der Waals surface area contributed by atoms with Crippen LogP contribution in [0.2, 0.25) is 0 Å². The van der Waals surface area contributed by atoms with Gasteiger partial charge in [0.1, 0.15) is 0 Å². The van der Waals surface area contributed by atoms with Crippen molar-refractivity contribution in [2.75, 3.05) is 5.32 Å². The first kappa shape index (κ1) is 13.7. The predicted octanol–water partition coefficient (Wildman–Crippen LogP) is 1.69. The molecule has 1 aromatic carbocycles. The van der Waals surface area contributed by atoms with Crippen molar-refractivity contribution in [2.24, 2.45) is 0 Å². The van der Waals surface area contributed by atoms with Gasteiger partial charge in [-0.05, 0) is 30.3 Å².